The molecule has 0 aliphatic heterocycles. The number of hydrogen-bond acceptors (Lipinski definition) is 2. The van der Waals surface area contributed by atoms with Gasteiger partial charge < -0.3 is 11.5 Å². The quantitative estimate of drug-likeness (QED) is 0.873. The number of primary amides is 1. The van der Waals surface area contributed by atoms with Crippen LogP contribution in [0.1, 0.15) is 11.5 Å². The molecule has 98 valence electrons. The van der Waals surface area contributed by atoms with Gasteiger partial charge in [0.15, 0.2) is 0 Å². The molecule has 0 bridgehead atoms. The number of rotatable bonds is 2. The summed E-state index contributed by atoms with van der Waals surface area (Å²) in [6.45, 7) is 0. The van der Waals surface area contributed by atoms with Crippen LogP contribution in [0.25, 0.3) is 0 Å². The molecule has 1 amide bonds. The Hall–Kier alpha value is -1.08. The van der Waals surface area contributed by atoms with Gasteiger partial charge in [0.05, 0.1) is 5.92 Å². The van der Waals surface area contributed by atoms with E-state index in [0.29, 0.717) is 5.56 Å². The van der Waals surface area contributed by atoms with Crippen molar-refractivity contribution in [1.82, 2.24) is 0 Å². The first-order valence-corrected chi connectivity index (χ1v) is 5.89. The molecule has 4 N–H and O–H groups in total. The minimum atomic E-state index is -4.54. The van der Waals surface area contributed by atoms with E-state index in [1.165, 1.54) is 12.1 Å². The highest BCUT2D eigenvalue weighted by molar-refractivity contribution is 9.10. The van der Waals surface area contributed by atoms with Crippen LogP contribution in [0.5, 0.6) is 0 Å². The van der Waals surface area contributed by atoms with E-state index >= 15 is 0 Å². The SMILES string of the molecule is NC(=O)[C@@]1(N)[C@H](c2ccc(Br)cc2)[C@H]1C(F)(F)F. The van der Waals surface area contributed by atoms with E-state index in [-0.39, 0.29) is 0 Å². The van der Waals surface area contributed by atoms with Crippen LogP contribution in [0.15, 0.2) is 28.7 Å². The van der Waals surface area contributed by atoms with Crippen LogP contribution in [0.4, 0.5) is 13.2 Å². The number of alkyl halides is 3. The Morgan fingerprint density at radius 1 is 1.28 bits per heavy atom. The maximum absolute atomic E-state index is 12.8. The van der Waals surface area contributed by atoms with E-state index in [4.69, 9.17) is 11.5 Å². The van der Waals surface area contributed by atoms with E-state index in [1.807, 2.05) is 0 Å². The van der Waals surface area contributed by atoms with Crippen LogP contribution in [0.2, 0.25) is 0 Å². The molecule has 0 unspecified atom stereocenters. The van der Waals surface area contributed by atoms with Crippen molar-refractivity contribution in [2.45, 2.75) is 17.6 Å². The number of halogens is 4. The van der Waals surface area contributed by atoms with Crippen LogP contribution in [0.3, 0.4) is 0 Å². The summed E-state index contributed by atoms with van der Waals surface area (Å²) in [4.78, 5) is 11.2. The standard InChI is InChI=1S/C11H10BrF3N2O/c12-6-3-1-5(2-4-6)7-8(11(13,14)15)10(7,17)9(16)18/h1-4,7-8H,17H2,(H2,16,18)/t7-,8-,10-/m1/s1. The van der Waals surface area contributed by atoms with Crippen molar-refractivity contribution < 1.29 is 18.0 Å². The van der Waals surface area contributed by atoms with E-state index in [2.05, 4.69) is 15.9 Å². The molecular formula is C11H10BrF3N2O. The predicted octanol–water partition coefficient (Wildman–Crippen LogP) is 1.91. The van der Waals surface area contributed by atoms with Gasteiger partial charge in [-0.15, -0.1) is 0 Å². The second kappa shape index (κ2) is 3.96. The van der Waals surface area contributed by atoms with Gasteiger partial charge in [0.1, 0.15) is 5.54 Å². The van der Waals surface area contributed by atoms with Crippen molar-refractivity contribution in [3.05, 3.63) is 34.3 Å². The van der Waals surface area contributed by atoms with Crippen molar-refractivity contribution >= 4 is 21.8 Å². The van der Waals surface area contributed by atoms with Crippen LogP contribution in [-0.2, 0) is 4.79 Å². The Bertz CT molecular complexity index is 488. The molecule has 0 heterocycles. The third-order valence-electron chi connectivity index (χ3n) is 3.26. The average Bonchev–Trinajstić information content (AvgIpc) is 2.87. The number of hydrogen-bond donors (Lipinski definition) is 2. The first kappa shape index (κ1) is 13.4. The lowest BCUT2D eigenvalue weighted by Crippen LogP contribution is -2.44. The fourth-order valence-corrected chi connectivity index (χ4v) is 2.58. The van der Waals surface area contributed by atoms with Gasteiger partial charge >= 0.3 is 6.18 Å². The molecule has 1 aliphatic rings. The largest absolute Gasteiger partial charge is 0.394 e. The third kappa shape index (κ3) is 1.91. The topological polar surface area (TPSA) is 69.1 Å². The van der Waals surface area contributed by atoms with Gasteiger partial charge in [-0.1, -0.05) is 28.1 Å². The lowest BCUT2D eigenvalue weighted by atomic mass is 10.1. The summed E-state index contributed by atoms with van der Waals surface area (Å²) in [5.74, 6) is -4.15. The predicted molar refractivity (Wildman–Crippen MR) is 62.5 cm³/mol. The summed E-state index contributed by atoms with van der Waals surface area (Å²) < 4.78 is 39.2. The van der Waals surface area contributed by atoms with E-state index < -0.39 is 29.5 Å². The van der Waals surface area contributed by atoms with Gasteiger partial charge in [-0.25, -0.2) is 0 Å². The smallest absolute Gasteiger partial charge is 0.368 e. The molecule has 2 rings (SSSR count). The lowest BCUT2D eigenvalue weighted by molar-refractivity contribution is -0.156. The molecule has 1 aromatic carbocycles. The average molecular weight is 323 g/mol. The normalized spacial score (nSPS) is 31.2. The fraction of sp³-hybridized carbons (Fsp3) is 0.364. The summed E-state index contributed by atoms with van der Waals surface area (Å²) in [7, 11) is 0. The molecule has 18 heavy (non-hydrogen) atoms. The van der Waals surface area contributed by atoms with E-state index in [9.17, 15) is 18.0 Å². The van der Waals surface area contributed by atoms with Crippen LogP contribution in [-0.4, -0.2) is 17.6 Å². The first-order valence-electron chi connectivity index (χ1n) is 5.10. The van der Waals surface area contributed by atoms with Crippen molar-refractivity contribution in [2.24, 2.45) is 17.4 Å². The minimum absolute atomic E-state index is 0.363. The number of nitrogens with two attached hydrogens (primary N) is 2. The minimum Gasteiger partial charge on any atom is -0.368 e. The number of carbonyl (C=O) groups excluding carboxylic acids is 1. The maximum atomic E-state index is 12.8. The van der Waals surface area contributed by atoms with Gasteiger partial charge in [0, 0.05) is 10.4 Å². The van der Waals surface area contributed by atoms with E-state index in [1.54, 1.807) is 12.1 Å². The highest BCUT2D eigenvalue weighted by Gasteiger charge is 2.76. The highest BCUT2D eigenvalue weighted by Crippen LogP contribution is 2.62. The second-order valence-corrected chi connectivity index (χ2v) is 5.26. The first-order chi connectivity index (χ1) is 8.19. The van der Waals surface area contributed by atoms with Crippen LogP contribution in [0, 0.1) is 5.92 Å². The zero-order chi connectivity index (χ0) is 13.7. The number of benzene rings is 1. The summed E-state index contributed by atoms with van der Waals surface area (Å²) in [6, 6.07) is 6.21. The number of amides is 1. The van der Waals surface area contributed by atoms with Gasteiger partial charge in [-0.3, -0.25) is 4.79 Å². The molecule has 0 saturated heterocycles. The summed E-state index contributed by atoms with van der Waals surface area (Å²) in [5, 5.41) is 0. The van der Waals surface area contributed by atoms with Gasteiger partial charge in [0.2, 0.25) is 5.91 Å². The van der Waals surface area contributed by atoms with E-state index in [0.717, 1.165) is 4.47 Å². The van der Waals surface area contributed by atoms with Crippen molar-refractivity contribution in [3.8, 4) is 0 Å². The molecule has 1 saturated carbocycles. The Morgan fingerprint density at radius 2 is 1.78 bits per heavy atom. The molecule has 3 atom stereocenters. The molecule has 7 heteroatoms. The Kier molecular flexibility index (Phi) is 2.94. The molecule has 1 aliphatic carbocycles. The molecule has 0 spiro atoms. The highest BCUT2D eigenvalue weighted by atomic mass is 79.9. The molecule has 1 aromatic rings. The summed E-state index contributed by atoms with van der Waals surface area (Å²) in [5.41, 5.74) is 8.86. The van der Waals surface area contributed by atoms with Gasteiger partial charge in [-0.05, 0) is 17.7 Å². The second-order valence-electron chi connectivity index (χ2n) is 4.35. The van der Waals surface area contributed by atoms with Gasteiger partial charge in [0.25, 0.3) is 0 Å². The van der Waals surface area contributed by atoms with Crippen molar-refractivity contribution in [2.75, 3.05) is 0 Å². The third-order valence-corrected chi connectivity index (χ3v) is 3.79. The zero-order valence-corrected chi connectivity index (χ0v) is 10.6. The molecule has 0 radical (unpaired) electrons. The maximum Gasteiger partial charge on any atom is 0.394 e. The Balaban J connectivity index is 2.39. The van der Waals surface area contributed by atoms with Crippen LogP contribution >= 0.6 is 15.9 Å². The Morgan fingerprint density at radius 3 is 2.11 bits per heavy atom. The fourth-order valence-electron chi connectivity index (χ4n) is 2.31. The van der Waals surface area contributed by atoms with Crippen molar-refractivity contribution in [1.29, 1.82) is 0 Å². The monoisotopic (exact) mass is 322 g/mol. The van der Waals surface area contributed by atoms with Gasteiger partial charge in [-0.2, -0.15) is 13.2 Å². The molecule has 1 fully saturated rings. The summed E-state index contributed by atoms with van der Waals surface area (Å²) in [6.07, 6.45) is -4.54. The molecule has 0 aromatic heterocycles. The van der Waals surface area contributed by atoms with Crippen LogP contribution < -0.4 is 11.5 Å². The lowest BCUT2D eigenvalue weighted by Gasteiger charge is -2.08. The molecular weight excluding hydrogens is 313 g/mol. The Labute approximate surface area is 109 Å². The number of carbonyl (C=O) groups is 1. The zero-order valence-electron chi connectivity index (χ0n) is 9.04. The van der Waals surface area contributed by atoms with Crippen molar-refractivity contribution in [3.63, 3.8) is 0 Å². The molecule has 3 nitrogen and oxygen atoms in total. The summed E-state index contributed by atoms with van der Waals surface area (Å²) >= 11 is 3.18.